The number of hydrogen-bond donors (Lipinski definition) is 1. The van der Waals surface area contributed by atoms with E-state index in [9.17, 15) is 14.7 Å². The lowest BCUT2D eigenvalue weighted by atomic mass is 10.00. The van der Waals surface area contributed by atoms with Gasteiger partial charge in [0.15, 0.2) is 5.82 Å². The van der Waals surface area contributed by atoms with Crippen LogP contribution in [0, 0.1) is 5.82 Å². The highest BCUT2D eigenvalue weighted by atomic mass is 35.5. The van der Waals surface area contributed by atoms with E-state index < -0.39 is 5.82 Å². The highest BCUT2D eigenvalue weighted by Gasteiger charge is 2.33. The minimum absolute atomic E-state index is 0.0433. The average Bonchev–Trinajstić information content (AvgIpc) is 2.99. The molecule has 1 fully saturated rings. The van der Waals surface area contributed by atoms with Crippen LogP contribution in [0.3, 0.4) is 0 Å². The maximum Gasteiger partial charge on any atom is 0.246 e. The summed E-state index contributed by atoms with van der Waals surface area (Å²) in [5.41, 5.74) is 1.84. The maximum absolute atomic E-state index is 15.2. The van der Waals surface area contributed by atoms with Crippen LogP contribution in [0.5, 0.6) is 5.75 Å². The molecule has 1 aromatic carbocycles. The number of carbonyl (C=O) groups is 2. The molecule has 0 bridgehead atoms. The van der Waals surface area contributed by atoms with Crippen molar-refractivity contribution in [1.82, 2.24) is 24.8 Å². The summed E-state index contributed by atoms with van der Waals surface area (Å²) in [5, 5.41) is 10.7. The molecule has 44 heavy (non-hydrogen) atoms. The molecule has 10 nitrogen and oxygen atoms in total. The molecular weight excluding hydrogens is 585 g/mol. The number of amidine groups is 1. The van der Waals surface area contributed by atoms with Crippen LogP contribution in [0.4, 0.5) is 15.9 Å². The zero-order chi connectivity index (χ0) is 32.3. The van der Waals surface area contributed by atoms with Gasteiger partial charge in [-0.1, -0.05) is 51.9 Å². The Morgan fingerprint density at radius 2 is 1.86 bits per heavy atom. The molecule has 0 aliphatic carbocycles. The van der Waals surface area contributed by atoms with Gasteiger partial charge in [-0.25, -0.2) is 19.3 Å². The standard InChI is InChI=1S/C32H37ClFN7O3/c1-8-25(44)39-12-13-40(20(6)15-39)31(35-7)21-14-22(33)29(26-23(34)10-9-11-24(26)43)38-32(21)41(17-42)30-27(18(2)3)36-16-37-28(30)19(4)5/h8-11,14,16-20,43H,1,12-13,15H2,2-7H3. The smallest absolute Gasteiger partial charge is 0.246 e. The Kier molecular flexibility index (Phi) is 9.98. The molecule has 3 heterocycles. The van der Waals surface area contributed by atoms with Gasteiger partial charge >= 0.3 is 0 Å². The molecule has 232 valence electrons. The summed E-state index contributed by atoms with van der Waals surface area (Å²) in [6, 6.07) is 5.31. The van der Waals surface area contributed by atoms with Gasteiger partial charge < -0.3 is 14.9 Å². The predicted molar refractivity (Wildman–Crippen MR) is 170 cm³/mol. The highest BCUT2D eigenvalue weighted by Crippen LogP contribution is 2.42. The van der Waals surface area contributed by atoms with Gasteiger partial charge in [0.05, 0.1) is 38.9 Å². The van der Waals surface area contributed by atoms with E-state index in [0.29, 0.717) is 54.5 Å². The lowest BCUT2D eigenvalue weighted by molar-refractivity contribution is -0.128. The van der Waals surface area contributed by atoms with Crippen LogP contribution >= 0.6 is 11.6 Å². The fraction of sp³-hybridized carbons (Fsp3) is 0.375. The van der Waals surface area contributed by atoms with E-state index in [1.807, 2.05) is 39.5 Å². The fourth-order valence-corrected chi connectivity index (χ4v) is 5.71. The summed E-state index contributed by atoms with van der Waals surface area (Å²) in [6.07, 6.45) is 3.39. The monoisotopic (exact) mass is 621 g/mol. The largest absolute Gasteiger partial charge is 0.507 e. The molecule has 0 radical (unpaired) electrons. The second kappa shape index (κ2) is 13.5. The molecule has 1 N–H and O–H groups in total. The van der Waals surface area contributed by atoms with Crippen molar-refractivity contribution in [3.05, 3.63) is 71.0 Å². The van der Waals surface area contributed by atoms with Crippen LogP contribution in [0.15, 0.2) is 48.2 Å². The van der Waals surface area contributed by atoms with Gasteiger partial charge in [0, 0.05) is 32.7 Å². The zero-order valence-corrected chi connectivity index (χ0v) is 26.5. The molecule has 1 saturated heterocycles. The number of piperazine rings is 1. The first-order chi connectivity index (χ1) is 20.9. The molecule has 1 aliphatic heterocycles. The normalized spacial score (nSPS) is 15.6. The summed E-state index contributed by atoms with van der Waals surface area (Å²) >= 11 is 6.79. The van der Waals surface area contributed by atoms with Crippen LogP contribution in [0.25, 0.3) is 11.3 Å². The predicted octanol–water partition coefficient (Wildman–Crippen LogP) is 5.67. The average molecular weight is 622 g/mol. The SMILES string of the molecule is C=CC(=O)N1CCN(C(=NC)c2cc(Cl)c(-c3c(O)cccc3F)nc2N(C=O)c2c(C(C)C)ncnc2C(C)C)C(C)C1. The number of amides is 2. The highest BCUT2D eigenvalue weighted by molar-refractivity contribution is 6.33. The van der Waals surface area contributed by atoms with Crippen LogP contribution in [0.1, 0.15) is 63.4 Å². The quantitative estimate of drug-likeness (QED) is 0.149. The van der Waals surface area contributed by atoms with Crippen LogP contribution < -0.4 is 4.90 Å². The van der Waals surface area contributed by atoms with Crippen molar-refractivity contribution < 1.29 is 19.1 Å². The second-order valence-electron chi connectivity index (χ2n) is 11.2. The number of aliphatic imine (C=N–C) groups is 1. The summed E-state index contributed by atoms with van der Waals surface area (Å²) in [4.78, 5) is 49.0. The number of halogens is 2. The molecular formula is C32H37ClFN7O3. The van der Waals surface area contributed by atoms with E-state index in [1.54, 1.807) is 18.0 Å². The van der Waals surface area contributed by atoms with Gasteiger partial charge in [-0.15, -0.1) is 0 Å². The van der Waals surface area contributed by atoms with Crippen LogP contribution in [-0.4, -0.2) is 80.7 Å². The van der Waals surface area contributed by atoms with Gasteiger partial charge in [0.1, 0.15) is 23.7 Å². The topological polar surface area (TPSA) is 115 Å². The van der Waals surface area contributed by atoms with E-state index >= 15 is 4.39 Å². The molecule has 2 amide bonds. The number of phenols is 1. The minimum atomic E-state index is -0.731. The molecule has 3 aromatic rings. The van der Waals surface area contributed by atoms with Crippen molar-refractivity contribution in [3.8, 4) is 17.0 Å². The molecule has 2 aromatic heterocycles. The number of anilines is 2. The number of phenolic OH excluding ortho intramolecular Hbond substituents is 1. The van der Waals surface area contributed by atoms with Crippen molar-refractivity contribution in [3.63, 3.8) is 0 Å². The number of pyridine rings is 1. The Hall–Kier alpha value is -4.38. The van der Waals surface area contributed by atoms with Crippen molar-refractivity contribution in [2.75, 3.05) is 31.6 Å². The molecule has 0 saturated carbocycles. The van der Waals surface area contributed by atoms with Gasteiger partial charge in [0.2, 0.25) is 12.3 Å². The lowest BCUT2D eigenvalue weighted by Gasteiger charge is -2.41. The van der Waals surface area contributed by atoms with E-state index in [-0.39, 0.29) is 51.6 Å². The summed E-state index contributed by atoms with van der Waals surface area (Å²) in [5.74, 6) is -0.848. The van der Waals surface area contributed by atoms with Gasteiger partial charge in [-0.3, -0.25) is 19.5 Å². The van der Waals surface area contributed by atoms with Crippen molar-refractivity contribution >= 4 is 41.3 Å². The number of nitrogens with zero attached hydrogens (tertiary/aromatic N) is 7. The maximum atomic E-state index is 15.2. The first kappa shape index (κ1) is 32.5. The number of carbonyl (C=O) groups excluding carboxylic acids is 2. The van der Waals surface area contributed by atoms with E-state index in [4.69, 9.17) is 16.6 Å². The summed E-state index contributed by atoms with van der Waals surface area (Å²) < 4.78 is 15.2. The van der Waals surface area contributed by atoms with Crippen molar-refractivity contribution in [1.29, 1.82) is 0 Å². The Balaban J connectivity index is 2.02. The number of hydrogen-bond acceptors (Lipinski definition) is 7. The van der Waals surface area contributed by atoms with E-state index in [0.717, 1.165) is 0 Å². The van der Waals surface area contributed by atoms with Gasteiger partial charge in [-0.2, -0.15) is 0 Å². The molecule has 0 spiro atoms. The number of benzene rings is 1. The molecule has 1 aliphatic rings. The third-order valence-corrected chi connectivity index (χ3v) is 7.86. The summed E-state index contributed by atoms with van der Waals surface area (Å²) in [6.45, 7) is 14.7. The van der Waals surface area contributed by atoms with E-state index in [2.05, 4.69) is 21.5 Å². The Bertz CT molecular complexity index is 1560. The third-order valence-electron chi connectivity index (χ3n) is 7.57. The first-order valence-corrected chi connectivity index (χ1v) is 14.8. The zero-order valence-electron chi connectivity index (χ0n) is 25.8. The molecule has 4 rings (SSSR count). The number of aromatic nitrogens is 3. The Labute approximate surface area is 261 Å². The third kappa shape index (κ3) is 6.14. The first-order valence-electron chi connectivity index (χ1n) is 14.4. The van der Waals surface area contributed by atoms with Gasteiger partial charge in [0.25, 0.3) is 0 Å². The fourth-order valence-electron chi connectivity index (χ4n) is 5.46. The van der Waals surface area contributed by atoms with Crippen molar-refractivity contribution in [2.45, 2.75) is 52.5 Å². The number of rotatable bonds is 8. The summed E-state index contributed by atoms with van der Waals surface area (Å²) in [7, 11) is 1.62. The second-order valence-corrected chi connectivity index (χ2v) is 11.6. The van der Waals surface area contributed by atoms with E-state index in [1.165, 1.54) is 35.5 Å². The number of aromatic hydroxyl groups is 1. The Morgan fingerprint density at radius 3 is 2.39 bits per heavy atom. The van der Waals surface area contributed by atoms with Crippen molar-refractivity contribution in [2.24, 2.45) is 4.99 Å². The van der Waals surface area contributed by atoms with Gasteiger partial charge in [-0.05, 0) is 43.0 Å². The van der Waals surface area contributed by atoms with Crippen LogP contribution in [-0.2, 0) is 9.59 Å². The molecule has 12 heteroatoms. The molecule has 1 atom stereocenters. The minimum Gasteiger partial charge on any atom is -0.507 e. The lowest BCUT2D eigenvalue weighted by Crippen LogP contribution is -2.55. The van der Waals surface area contributed by atoms with Crippen LogP contribution in [0.2, 0.25) is 5.02 Å². The molecule has 1 unspecified atom stereocenters. The Morgan fingerprint density at radius 1 is 1.20 bits per heavy atom.